The number of unbranched alkanes of at least 4 members (excludes halogenated alkanes) is 2. The number of fused-ring (bicyclic) bond motifs is 3. The summed E-state index contributed by atoms with van der Waals surface area (Å²) < 4.78 is 5.40. The fourth-order valence-electron chi connectivity index (χ4n) is 2.92. The van der Waals surface area contributed by atoms with E-state index in [0.717, 1.165) is 32.1 Å². The quantitative estimate of drug-likeness (QED) is 0.552. The summed E-state index contributed by atoms with van der Waals surface area (Å²) in [6, 6.07) is 0. The Labute approximate surface area is 126 Å². The maximum Gasteiger partial charge on any atom is 0.305 e. The monoisotopic (exact) mass is 291 g/mol. The van der Waals surface area contributed by atoms with Gasteiger partial charge in [-0.05, 0) is 32.1 Å². The number of hydrogen-bond acceptors (Lipinski definition) is 3. The highest BCUT2D eigenvalue weighted by Gasteiger charge is 2.25. The predicted molar refractivity (Wildman–Crippen MR) is 81.6 cm³/mol. The first-order chi connectivity index (χ1) is 10.1. The topological polar surface area (TPSA) is 55.4 Å². The smallest absolute Gasteiger partial charge is 0.305 e. The highest BCUT2D eigenvalue weighted by Crippen LogP contribution is 2.37. The van der Waals surface area contributed by atoms with Crippen molar-refractivity contribution in [3.8, 4) is 0 Å². The average molecular weight is 291 g/mol. The number of hydrogen-bond donors (Lipinski definition) is 1. The van der Waals surface area contributed by atoms with Gasteiger partial charge in [0.15, 0.2) is 0 Å². The van der Waals surface area contributed by atoms with Crippen molar-refractivity contribution in [2.45, 2.75) is 51.9 Å². The van der Waals surface area contributed by atoms with Crippen molar-refractivity contribution in [1.82, 2.24) is 5.32 Å². The van der Waals surface area contributed by atoms with Crippen molar-refractivity contribution < 1.29 is 14.3 Å². The van der Waals surface area contributed by atoms with Crippen molar-refractivity contribution in [2.24, 2.45) is 5.92 Å². The number of esters is 1. The van der Waals surface area contributed by atoms with Gasteiger partial charge in [0, 0.05) is 25.8 Å². The van der Waals surface area contributed by atoms with Gasteiger partial charge in [-0.25, -0.2) is 0 Å². The Morgan fingerprint density at radius 3 is 2.71 bits per heavy atom. The normalized spacial score (nSPS) is 19.8. The molecule has 1 amide bonds. The number of carbonyl (C=O) groups excluding carboxylic acids is 2. The zero-order chi connectivity index (χ0) is 15.1. The zero-order valence-corrected chi connectivity index (χ0v) is 12.8. The molecule has 1 unspecified atom stereocenters. The molecular weight excluding hydrogens is 266 g/mol. The SMILES string of the molecule is CC(=O)NCCCCCC(=O)OCC1CC2=CC=C1CC2. The Bertz CT molecular complexity index is 451. The molecule has 0 aromatic carbocycles. The average Bonchev–Trinajstić information content (AvgIpc) is 2.49. The van der Waals surface area contributed by atoms with Crippen molar-refractivity contribution in [3.05, 3.63) is 23.3 Å². The second kappa shape index (κ2) is 8.01. The first-order valence-corrected chi connectivity index (χ1v) is 7.93. The van der Waals surface area contributed by atoms with Gasteiger partial charge in [0.05, 0.1) is 6.61 Å². The molecule has 4 heteroatoms. The molecule has 0 aliphatic heterocycles. The predicted octanol–water partition coefficient (Wildman–Crippen LogP) is 2.89. The molecule has 116 valence electrons. The number of carbonyl (C=O) groups is 2. The van der Waals surface area contributed by atoms with Crippen LogP contribution in [0.1, 0.15) is 51.9 Å². The van der Waals surface area contributed by atoms with Crippen LogP contribution in [0.2, 0.25) is 0 Å². The van der Waals surface area contributed by atoms with Gasteiger partial charge in [-0.2, -0.15) is 0 Å². The van der Waals surface area contributed by atoms with E-state index in [1.54, 1.807) is 0 Å². The summed E-state index contributed by atoms with van der Waals surface area (Å²) in [6.07, 6.45) is 11.0. The molecule has 0 radical (unpaired) electrons. The molecular formula is C17H25NO3. The number of ether oxygens (including phenoxy) is 1. The molecule has 3 aliphatic rings. The van der Waals surface area contributed by atoms with Crippen molar-refractivity contribution in [3.63, 3.8) is 0 Å². The fourth-order valence-corrected chi connectivity index (χ4v) is 2.92. The van der Waals surface area contributed by atoms with Crippen LogP contribution in [0.25, 0.3) is 0 Å². The first-order valence-electron chi connectivity index (χ1n) is 7.93. The summed E-state index contributed by atoms with van der Waals surface area (Å²) in [7, 11) is 0. The number of nitrogens with one attached hydrogen (secondary N) is 1. The summed E-state index contributed by atoms with van der Waals surface area (Å²) in [6.45, 7) is 2.74. The van der Waals surface area contributed by atoms with Gasteiger partial charge in [0.1, 0.15) is 0 Å². The van der Waals surface area contributed by atoms with E-state index >= 15 is 0 Å². The van der Waals surface area contributed by atoms with Gasteiger partial charge < -0.3 is 10.1 Å². The van der Waals surface area contributed by atoms with Crippen LogP contribution < -0.4 is 5.32 Å². The maximum absolute atomic E-state index is 11.7. The largest absolute Gasteiger partial charge is 0.465 e. The first kappa shape index (κ1) is 15.8. The molecule has 0 spiro atoms. The molecule has 0 saturated heterocycles. The number of rotatable bonds is 8. The lowest BCUT2D eigenvalue weighted by Gasteiger charge is -2.30. The van der Waals surface area contributed by atoms with E-state index in [0.29, 0.717) is 25.5 Å². The molecule has 0 aromatic heterocycles. The Balaban J connectivity index is 1.51. The third kappa shape index (κ3) is 5.37. The van der Waals surface area contributed by atoms with E-state index in [1.807, 2.05) is 0 Å². The molecule has 0 aromatic rings. The molecule has 1 N–H and O–H groups in total. The highest BCUT2D eigenvalue weighted by atomic mass is 16.5. The summed E-state index contributed by atoms with van der Waals surface area (Å²) in [5.41, 5.74) is 2.93. The Morgan fingerprint density at radius 2 is 2.10 bits per heavy atom. The van der Waals surface area contributed by atoms with Gasteiger partial charge in [0.25, 0.3) is 0 Å². The van der Waals surface area contributed by atoms with E-state index in [1.165, 1.54) is 24.5 Å². The lowest BCUT2D eigenvalue weighted by atomic mass is 9.77. The number of amides is 1. The van der Waals surface area contributed by atoms with Crippen LogP contribution in [0.15, 0.2) is 23.3 Å². The molecule has 1 atom stereocenters. The van der Waals surface area contributed by atoms with E-state index < -0.39 is 0 Å². The Hall–Kier alpha value is -1.58. The van der Waals surface area contributed by atoms with E-state index in [-0.39, 0.29) is 11.9 Å². The van der Waals surface area contributed by atoms with E-state index in [4.69, 9.17) is 4.74 Å². The van der Waals surface area contributed by atoms with Gasteiger partial charge in [-0.3, -0.25) is 9.59 Å². The van der Waals surface area contributed by atoms with Crippen LogP contribution in [0, 0.1) is 5.92 Å². The van der Waals surface area contributed by atoms with Crippen molar-refractivity contribution >= 4 is 11.9 Å². The zero-order valence-electron chi connectivity index (χ0n) is 12.8. The second-order valence-electron chi connectivity index (χ2n) is 5.94. The van der Waals surface area contributed by atoms with Crippen LogP contribution in [-0.2, 0) is 14.3 Å². The summed E-state index contributed by atoms with van der Waals surface area (Å²) in [4.78, 5) is 22.4. The third-order valence-corrected chi connectivity index (χ3v) is 4.18. The van der Waals surface area contributed by atoms with E-state index in [2.05, 4.69) is 17.5 Å². The molecule has 21 heavy (non-hydrogen) atoms. The van der Waals surface area contributed by atoms with Crippen LogP contribution >= 0.6 is 0 Å². The summed E-state index contributed by atoms with van der Waals surface area (Å²) in [5, 5.41) is 2.75. The van der Waals surface area contributed by atoms with Crippen LogP contribution in [-0.4, -0.2) is 25.0 Å². The van der Waals surface area contributed by atoms with Crippen LogP contribution in [0.4, 0.5) is 0 Å². The minimum absolute atomic E-state index is 0.000565. The van der Waals surface area contributed by atoms with Crippen LogP contribution in [0.3, 0.4) is 0 Å². The lowest BCUT2D eigenvalue weighted by molar-refractivity contribution is -0.144. The van der Waals surface area contributed by atoms with Crippen molar-refractivity contribution in [2.75, 3.05) is 13.2 Å². The van der Waals surface area contributed by atoms with Crippen molar-refractivity contribution in [1.29, 1.82) is 0 Å². The fraction of sp³-hybridized carbons (Fsp3) is 0.647. The lowest BCUT2D eigenvalue weighted by Crippen LogP contribution is -2.22. The molecule has 3 rings (SSSR count). The molecule has 0 heterocycles. The summed E-state index contributed by atoms with van der Waals surface area (Å²) in [5.74, 6) is 0.327. The molecule has 3 aliphatic carbocycles. The van der Waals surface area contributed by atoms with Crippen LogP contribution in [0.5, 0.6) is 0 Å². The molecule has 1 saturated carbocycles. The number of allylic oxidation sites excluding steroid dienone is 3. The molecule has 2 bridgehead atoms. The Morgan fingerprint density at radius 1 is 1.24 bits per heavy atom. The van der Waals surface area contributed by atoms with Gasteiger partial charge in [0.2, 0.25) is 5.91 Å². The van der Waals surface area contributed by atoms with Gasteiger partial charge in [-0.1, -0.05) is 29.7 Å². The highest BCUT2D eigenvalue weighted by molar-refractivity contribution is 5.72. The third-order valence-electron chi connectivity index (χ3n) is 4.18. The second-order valence-corrected chi connectivity index (χ2v) is 5.94. The Kier molecular flexibility index (Phi) is 6.03. The summed E-state index contributed by atoms with van der Waals surface area (Å²) >= 11 is 0. The van der Waals surface area contributed by atoms with Gasteiger partial charge >= 0.3 is 5.97 Å². The van der Waals surface area contributed by atoms with E-state index in [9.17, 15) is 9.59 Å². The molecule has 4 nitrogen and oxygen atoms in total. The minimum Gasteiger partial charge on any atom is -0.465 e. The standard InChI is InChI=1S/C17H25NO3/c1-13(19)18-10-4-2-3-5-17(20)21-12-16-11-14-6-8-15(16)9-7-14/h6,8,16H,2-5,7,9-12H2,1H3,(H,18,19). The minimum atomic E-state index is -0.0921. The maximum atomic E-state index is 11.7. The molecule has 1 fully saturated rings. The van der Waals surface area contributed by atoms with Gasteiger partial charge in [-0.15, -0.1) is 0 Å².